The lowest BCUT2D eigenvalue weighted by Gasteiger charge is -2.13. The fraction of sp³-hybridized carbons (Fsp3) is 0. The van der Waals surface area contributed by atoms with E-state index in [2.05, 4.69) is 0 Å². The average molecular weight is 380 g/mol. The monoisotopic (exact) mass is 378 g/mol. The van der Waals surface area contributed by atoms with E-state index in [4.69, 9.17) is 46.4 Å². The minimum atomic E-state index is -1.33. The normalized spacial score (nSPS) is 10.5. The summed E-state index contributed by atoms with van der Waals surface area (Å²) in [4.78, 5) is 22.9. The van der Waals surface area contributed by atoms with Gasteiger partial charge in [-0.15, -0.1) is 0 Å². The Labute approximate surface area is 144 Å². The van der Waals surface area contributed by atoms with Gasteiger partial charge in [-0.25, -0.2) is 9.59 Å². The van der Waals surface area contributed by atoms with Crippen molar-refractivity contribution in [1.29, 1.82) is 0 Å². The van der Waals surface area contributed by atoms with Crippen LogP contribution in [0.3, 0.4) is 0 Å². The van der Waals surface area contributed by atoms with E-state index in [-0.39, 0.29) is 42.3 Å². The molecule has 0 radical (unpaired) electrons. The van der Waals surface area contributed by atoms with Gasteiger partial charge in [-0.1, -0.05) is 46.4 Å². The molecule has 0 bridgehead atoms. The van der Waals surface area contributed by atoms with Crippen molar-refractivity contribution in [3.63, 3.8) is 0 Å². The first-order chi connectivity index (χ1) is 10.2. The van der Waals surface area contributed by atoms with Gasteiger partial charge in [-0.05, 0) is 24.3 Å². The smallest absolute Gasteiger partial charge is 0.337 e. The highest BCUT2D eigenvalue weighted by Crippen LogP contribution is 2.38. The van der Waals surface area contributed by atoms with E-state index >= 15 is 0 Å². The maximum absolute atomic E-state index is 11.4. The molecule has 22 heavy (non-hydrogen) atoms. The Morgan fingerprint density at radius 1 is 0.682 bits per heavy atom. The third-order valence-corrected chi connectivity index (χ3v) is 3.86. The van der Waals surface area contributed by atoms with Gasteiger partial charge >= 0.3 is 11.9 Å². The summed E-state index contributed by atoms with van der Waals surface area (Å²) in [6, 6.07) is 5.10. The second-order valence-corrected chi connectivity index (χ2v) is 5.92. The van der Waals surface area contributed by atoms with E-state index in [9.17, 15) is 19.8 Å². The summed E-state index contributed by atoms with van der Waals surface area (Å²) in [5, 5.41) is 18.7. The molecule has 0 aromatic heterocycles. The number of benzene rings is 2. The second-order valence-electron chi connectivity index (χ2n) is 4.23. The summed E-state index contributed by atoms with van der Waals surface area (Å²) in [6.45, 7) is 0. The van der Waals surface area contributed by atoms with Crippen LogP contribution in [0.5, 0.6) is 0 Å². The molecule has 2 aromatic rings. The molecule has 0 amide bonds. The zero-order chi connectivity index (χ0) is 16.6. The topological polar surface area (TPSA) is 74.6 Å². The Kier molecular flexibility index (Phi) is 4.87. The van der Waals surface area contributed by atoms with E-state index in [1.165, 1.54) is 24.3 Å². The lowest BCUT2D eigenvalue weighted by molar-refractivity contribution is 0.0684. The van der Waals surface area contributed by atoms with Gasteiger partial charge < -0.3 is 10.2 Å². The van der Waals surface area contributed by atoms with E-state index in [1.54, 1.807) is 0 Å². The number of carboxylic acid groups (broad SMARTS) is 2. The number of hydrogen-bond donors (Lipinski definition) is 2. The maximum atomic E-state index is 11.4. The largest absolute Gasteiger partial charge is 0.478 e. The highest BCUT2D eigenvalue weighted by atomic mass is 35.5. The molecule has 0 saturated heterocycles. The average Bonchev–Trinajstić information content (AvgIpc) is 2.35. The molecule has 0 aliphatic rings. The molecule has 2 rings (SSSR count). The summed E-state index contributed by atoms with van der Waals surface area (Å²) in [5.41, 5.74) is -0.530. The van der Waals surface area contributed by atoms with E-state index in [0.29, 0.717) is 0 Å². The molecule has 2 N–H and O–H groups in total. The minimum Gasteiger partial charge on any atom is -0.478 e. The number of carbonyl (C=O) groups is 2. The van der Waals surface area contributed by atoms with Crippen LogP contribution in [0.1, 0.15) is 20.7 Å². The SMILES string of the molecule is O=C(O)c1c(Cl)cc(Cl)cc1-c1cc(Cl)cc(Cl)c1C(=O)O. The van der Waals surface area contributed by atoms with Crippen molar-refractivity contribution in [2.24, 2.45) is 0 Å². The number of hydrogen-bond acceptors (Lipinski definition) is 2. The van der Waals surface area contributed by atoms with Gasteiger partial charge in [0.15, 0.2) is 0 Å². The highest BCUT2D eigenvalue weighted by molar-refractivity contribution is 6.39. The van der Waals surface area contributed by atoms with Crippen molar-refractivity contribution in [3.8, 4) is 11.1 Å². The number of rotatable bonds is 3. The summed E-state index contributed by atoms with van der Waals surface area (Å²) in [7, 11) is 0. The van der Waals surface area contributed by atoms with E-state index in [1.807, 2.05) is 0 Å². The Morgan fingerprint density at radius 2 is 1.00 bits per heavy atom. The molecular weight excluding hydrogens is 374 g/mol. The number of carboxylic acids is 2. The van der Waals surface area contributed by atoms with Crippen LogP contribution in [0.2, 0.25) is 20.1 Å². The van der Waals surface area contributed by atoms with Gasteiger partial charge in [0.2, 0.25) is 0 Å². The van der Waals surface area contributed by atoms with Gasteiger partial charge in [0, 0.05) is 21.2 Å². The highest BCUT2D eigenvalue weighted by Gasteiger charge is 2.23. The van der Waals surface area contributed by atoms with Crippen molar-refractivity contribution in [2.45, 2.75) is 0 Å². The van der Waals surface area contributed by atoms with Crippen LogP contribution in [0.4, 0.5) is 0 Å². The molecular formula is C14H6Cl4O4. The molecule has 4 nitrogen and oxygen atoms in total. The van der Waals surface area contributed by atoms with Crippen LogP contribution in [-0.4, -0.2) is 22.2 Å². The Bertz CT molecular complexity index is 734. The van der Waals surface area contributed by atoms with Gasteiger partial charge in [-0.3, -0.25) is 0 Å². The van der Waals surface area contributed by atoms with Crippen LogP contribution in [0.15, 0.2) is 24.3 Å². The zero-order valence-electron chi connectivity index (χ0n) is 10.5. The van der Waals surface area contributed by atoms with E-state index < -0.39 is 11.9 Å². The quantitative estimate of drug-likeness (QED) is 0.752. The van der Waals surface area contributed by atoms with Gasteiger partial charge in [0.1, 0.15) is 0 Å². The van der Waals surface area contributed by atoms with Crippen molar-refractivity contribution in [2.75, 3.05) is 0 Å². The molecule has 0 fully saturated rings. The predicted molar refractivity (Wildman–Crippen MR) is 85.8 cm³/mol. The second kappa shape index (κ2) is 6.34. The van der Waals surface area contributed by atoms with Crippen LogP contribution >= 0.6 is 46.4 Å². The van der Waals surface area contributed by atoms with Crippen molar-refractivity contribution in [1.82, 2.24) is 0 Å². The molecule has 0 spiro atoms. The molecule has 114 valence electrons. The number of aromatic carboxylic acids is 2. The molecule has 0 aliphatic heterocycles. The molecule has 0 heterocycles. The lowest BCUT2D eigenvalue weighted by atomic mass is 9.95. The first kappa shape index (κ1) is 16.9. The third kappa shape index (κ3) is 3.15. The Hall–Kier alpha value is -1.46. The fourth-order valence-electron chi connectivity index (χ4n) is 2.01. The van der Waals surface area contributed by atoms with Gasteiger partial charge in [-0.2, -0.15) is 0 Å². The van der Waals surface area contributed by atoms with Crippen molar-refractivity contribution >= 4 is 58.3 Å². The van der Waals surface area contributed by atoms with Crippen LogP contribution < -0.4 is 0 Å². The molecule has 0 atom stereocenters. The van der Waals surface area contributed by atoms with Crippen LogP contribution in [0, 0.1) is 0 Å². The molecule has 0 unspecified atom stereocenters. The maximum Gasteiger partial charge on any atom is 0.337 e. The Balaban J connectivity index is 2.94. The zero-order valence-corrected chi connectivity index (χ0v) is 13.6. The minimum absolute atomic E-state index is 0.0202. The summed E-state index contributed by atoms with van der Waals surface area (Å²) < 4.78 is 0. The van der Waals surface area contributed by atoms with Crippen molar-refractivity contribution in [3.05, 3.63) is 55.5 Å². The molecule has 2 aromatic carbocycles. The molecule has 0 saturated carbocycles. The summed E-state index contributed by atoms with van der Waals surface area (Å²) >= 11 is 23.6. The number of halogens is 4. The molecule has 0 aliphatic carbocycles. The van der Waals surface area contributed by atoms with Crippen molar-refractivity contribution < 1.29 is 19.8 Å². The predicted octanol–water partition coefficient (Wildman–Crippen LogP) is 5.36. The first-order valence-corrected chi connectivity index (χ1v) is 7.18. The standard InChI is InChI=1S/C14H6Cl4O4/c15-5-1-7(11(13(19)20)9(17)3-5)8-2-6(16)4-10(18)12(8)14(21)22/h1-4H,(H,19,20)(H,21,22). The first-order valence-electron chi connectivity index (χ1n) is 5.67. The van der Waals surface area contributed by atoms with Gasteiger partial charge in [0.05, 0.1) is 21.2 Å². The Morgan fingerprint density at radius 3 is 1.27 bits per heavy atom. The van der Waals surface area contributed by atoms with Gasteiger partial charge in [0.25, 0.3) is 0 Å². The summed E-state index contributed by atoms with van der Waals surface area (Å²) in [5.74, 6) is -2.66. The fourth-order valence-corrected chi connectivity index (χ4v) is 3.16. The third-order valence-electron chi connectivity index (χ3n) is 2.83. The summed E-state index contributed by atoms with van der Waals surface area (Å²) in [6.07, 6.45) is 0. The van der Waals surface area contributed by atoms with Crippen LogP contribution in [-0.2, 0) is 0 Å². The molecule has 8 heteroatoms. The lowest BCUT2D eigenvalue weighted by Crippen LogP contribution is -2.06. The van der Waals surface area contributed by atoms with E-state index in [0.717, 1.165) is 0 Å². The van der Waals surface area contributed by atoms with Crippen LogP contribution in [0.25, 0.3) is 11.1 Å².